The van der Waals surface area contributed by atoms with E-state index in [-0.39, 0.29) is 0 Å². The average Bonchev–Trinajstić information content (AvgIpc) is 2.30. The van der Waals surface area contributed by atoms with Crippen molar-refractivity contribution in [1.29, 1.82) is 0 Å². The van der Waals surface area contributed by atoms with Crippen molar-refractivity contribution in [3.8, 4) is 0 Å². The standard InChI is InChI=1S/C9H10ClNO2.C2H6/c1-3-6-4-5-7(10)11-8(6)9(12)13-2;1-2/h4-5H,3H2,1-2H3;1-2H3. The number of ether oxygens (including phenoxy) is 1. The fraction of sp³-hybridized carbons (Fsp3) is 0.455. The summed E-state index contributed by atoms with van der Waals surface area (Å²) in [5, 5.41) is 0.303. The topological polar surface area (TPSA) is 39.2 Å². The Bertz CT molecular complexity index is 326. The van der Waals surface area contributed by atoms with Gasteiger partial charge in [0.2, 0.25) is 0 Å². The van der Waals surface area contributed by atoms with Crippen LogP contribution in [0.4, 0.5) is 0 Å². The molecule has 1 rings (SSSR count). The molecule has 0 spiro atoms. The van der Waals surface area contributed by atoms with Gasteiger partial charge in [0.25, 0.3) is 0 Å². The molecular formula is C11H16ClNO2. The van der Waals surface area contributed by atoms with E-state index in [2.05, 4.69) is 9.72 Å². The third-order valence-corrected chi connectivity index (χ3v) is 1.91. The van der Waals surface area contributed by atoms with Gasteiger partial charge in [-0.3, -0.25) is 0 Å². The zero-order valence-electron chi connectivity index (χ0n) is 9.50. The largest absolute Gasteiger partial charge is 0.464 e. The Kier molecular flexibility index (Phi) is 6.71. The lowest BCUT2D eigenvalue weighted by molar-refractivity contribution is 0.0592. The second kappa shape index (κ2) is 7.23. The molecule has 84 valence electrons. The minimum Gasteiger partial charge on any atom is -0.464 e. The molecule has 0 N–H and O–H groups in total. The number of hydrogen-bond donors (Lipinski definition) is 0. The van der Waals surface area contributed by atoms with E-state index in [0.717, 1.165) is 12.0 Å². The number of esters is 1. The van der Waals surface area contributed by atoms with Crippen LogP contribution in [0.5, 0.6) is 0 Å². The fourth-order valence-corrected chi connectivity index (χ4v) is 1.17. The highest BCUT2D eigenvalue weighted by atomic mass is 35.5. The summed E-state index contributed by atoms with van der Waals surface area (Å²) in [5.41, 5.74) is 1.15. The van der Waals surface area contributed by atoms with Gasteiger partial charge in [-0.25, -0.2) is 9.78 Å². The molecule has 1 aromatic heterocycles. The lowest BCUT2D eigenvalue weighted by atomic mass is 10.1. The maximum Gasteiger partial charge on any atom is 0.356 e. The monoisotopic (exact) mass is 229 g/mol. The number of pyridine rings is 1. The smallest absolute Gasteiger partial charge is 0.356 e. The lowest BCUT2D eigenvalue weighted by Gasteiger charge is -2.04. The molecule has 0 aliphatic rings. The van der Waals surface area contributed by atoms with Crippen LogP contribution < -0.4 is 0 Å². The lowest BCUT2D eigenvalue weighted by Crippen LogP contribution is -2.08. The number of aromatic nitrogens is 1. The third-order valence-electron chi connectivity index (χ3n) is 1.70. The van der Waals surface area contributed by atoms with E-state index in [9.17, 15) is 4.79 Å². The van der Waals surface area contributed by atoms with Crippen molar-refractivity contribution in [2.45, 2.75) is 27.2 Å². The normalized spacial score (nSPS) is 8.87. The third kappa shape index (κ3) is 3.88. The van der Waals surface area contributed by atoms with Gasteiger partial charge < -0.3 is 4.74 Å². The minimum atomic E-state index is -0.445. The second-order valence-electron chi connectivity index (χ2n) is 2.49. The van der Waals surface area contributed by atoms with Crippen molar-refractivity contribution in [1.82, 2.24) is 4.98 Å². The number of hydrogen-bond acceptors (Lipinski definition) is 3. The van der Waals surface area contributed by atoms with Crippen LogP contribution in [0.1, 0.15) is 36.8 Å². The van der Waals surface area contributed by atoms with Crippen LogP contribution in [0.3, 0.4) is 0 Å². The van der Waals surface area contributed by atoms with E-state index in [1.54, 1.807) is 12.1 Å². The van der Waals surface area contributed by atoms with Gasteiger partial charge in [0.05, 0.1) is 7.11 Å². The van der Waals surface area contributed by atoms with Crippen LogP contribution in [0.25, 0.3) is 0 Å². The molecular weight excluding hydrogens is 214 g/mol. The molecule has 0 aliphatic carbocycles. The molecule has 0 amide bonds. The highest BCUT2D eigenvalue weighted by molar-refractivity contribution is 6.29. The van der Waals surface area contributed by atoms with Gasteiger partial charge in [0, 0.05) is 0 Å². The van der Waals surface area contributed by atoms with E-state index >= 15 is 0 Å². The van der Waals surface area contributed by atoms with Crippen molar-refractivity contribution >= 4 is 17.6 Å². The predicted octanol–water partition coefficient (Wildman–Crippen LogP) is 3.11. The van der Waals surface area contributed by atoms with E-state index in [0.29, 0.717) is 10.8 Å². The highest BCUT2D eigenvalue weighted by Crippen LogP contribution is 2.12. The Morgan fingerprint density at radius 3 is 2.53 bits per heavy atom. The first-order chi connectivity index (χ1) is 7.19. The van der Waals surface area contributed by atoms with Gasteiger partial charge >= 0.3 is 5.97 Å². The summed E-state index contributed by atoms with van der Waals surface area (Å²) in [4.78, 5) is 15.1. The molecule has 1 aromatic rings. The molecule has 4 heteroatoms. The summed E-state index contributed by atoms with van der Waals surface area (Å²) in [7, 11) is 1.32. The predicted molar refractivity (Wildman–Crippen MR) is 61.3 cm³/mol. The van der Waals surface area contributed by atoms with Gasteiger partial charge in [-0.2, -0.15) is 0 Å². The summed E-state index contributed by atoms with van der Waals surface area (Å²) in [6.45, 7) is 5.94. The first-order valence-electron chi connectivity index (χ1n) is 4.92. The van der Waals surface area contributed by atoms with Crippen LogP contribution >= 0.6 is 11.6 Å². The zero-order chi connectivity index (χ0) is 11.8. The minimum absolute atomic E-state index is 0.303. The summed E-state index contributed by atoms with van der Waals surface area (Å²) in [6, 6.07) is 3.44. The number of carbonyl (C=O) groups is 1. The van der Waals surface area contributed by atoms with E-state index < -0.39 is 5.97 Å². The molecule has 0 fully saturated rings. The van der Waals surface area contributed by atoms with Gasteiger partial charge in [-0.05, 0) is 18.1 Å². The second-order valence-corrected chi connectivity index (χ2v) is 2.87. The molecule has 0 unspecified atom stereocenters. The number of nitrogens with zero attached hydrogens (tertiary/aromatic N) is 1. The van der Waals surface area contributed by atoms with Crippen molar-refractivity contribution in [2.75, 3.05) is 7.11 Å². The molecule has 0 aromatic carbocycles. The first kappa shape index (κ1) is 13.9. The fourth-order valence-electron chi connectivity index (χ4n) is 1.02. The van der Waals surface area contributed by atoms with Crippen LogP contribution in [0, 0.1) is 0 Å². The van der Waals surface area contributed by atoms with E-state index in [1.807, 2.05) is 20.8 Å². The highest BCUT2D eigenvalue weighted by Gasteiger charge is 2.12. The molecule has 0 aliphatic heterocycles. The molecule has 1 heterocycles. The van der Waals surface area contributed by atoms with Gasteiger partial charge in [0.1, 0.15) is 5.15 Å². The number of carbonyl (C=O) groups excluding carboxylic acids is 1. The summed E-state index contributed by atoms with van der Waals surface area (Å²) >= 11 is 5.66. The Hall–Kier alpha value is -1.09. The number of methoxy groups -OCH3 is 1. The Morgan fingerprint density at radius 2 is 2.07 bits per heavy atom. The molecule has 0 atom stereocenters. The van der Waals surface area contributed by atoms with Gasteiger partial charge in [-0.1, -0.05) is 38.4 Å². The van der Waals surface area contributed by atoms with E-state index in [1.165, 1.54) is 7.11 Å². The molecule has 3 nitrogen and oxygen atoms in total. The summed E-state index contributed by atoms with van der Waals surface area (Å²) < 4.78 is 4.57. The van der Waals surface area contributed by atoms with Crippen molar-refractivity contribution in [3.05, 3.63) is 28.5 Å². The average molecular weight is 230 g/mol. The SMILES string of the molecule is CC.CCc1ccc(Cl)nc1C(=O)OC. The summed E-state index contributed by atoms with van der Waals surface area (Å²) in [6.07, 6.45) is 0.731. The van der Waals surface area contributed by atoms with Crippen molar-refractivity contribution in [3.63, 3.8) is 0 Å². The quantitative estimate of drug-likeness (QED) is 0.578. The zero-order valence-corrected chi connectivity index (χ0v) is 10.3. The molecule has 0 radical (unpaired) electrons. The van der Waals surface area contributed by atoms with Crippen molar-refractivity contribution in [2.24, 2.45) is 0 Å². The van der Waals surface area contributed by atoms with E-state index in [4.69, 9.17) is 11.6 Å². The molecule has 15 heavy (non-hydrogen) atoms. The van der Waals surface area contributed by atoms with Crippen LogP contribution in [0.2, 0.25) is 5.15 Å². The Morgan fingerprint density at radius 1 is 1.47 bits per heavy atom. The van der Waals surface area contributed by atoms with Gasteiger partial charge in [-0.15, -0.1) is 0 Å². The Balaban J connectivity index is 0.000000921. The number of aryl methyl sites for hydroxylation is 1. The van der Waals surface area contributed by atoms with Crippen LogP contribution in [-0.2, 0) is 11.2 Å². The molecule has 0 bridgehead atoms. The molecule has 0 saturated carbocycles. The number of halogens is 1. The van der Waals surface area contributed by atoms with Crippen LogP contribution in [0.15, 0.2) is 12.1 Å². The van der Waals surface area contributed by atoms with Crippen LogP contribution in [-0.4, -0.2) is 18.1 Å². The molecule has 0 saturated heterocycles. The number of rotatable bonds is 2. The first-order valence-corrected chi connectivity index (χ1v) is 5.30. The summed E-state index contributed by atoms with van der Waals surface area (Å²) in [5.74, 6) is -0.445. The van der Waals surface area contributed by atoms with Crippen molar-refractivity contribution < 1.29 is 9.53 Å². The Labute approximate surface area is 95.4 Å². The van der Waals surface area contributed by atoms with Gasteiger partial charge in [0.15, 0.2) is 5.69 Å². The maximum absolute atomic E-state index is 11.2. The maximum atomic E-state index is 11.2.